The molecule has 5 heteroatoms. The summed E-state index contributed by atoms with van der Waals surface area (Å²) >= 11 is 6.62. The molecule has 0 aliphatic rings. The van der Waals surface area contributed by atoms with Gasteiger partial charge < -0.3 is 4.98 Å². The first-order valence-electron chi connectivity index (χ1n) is 4.69. The van der Waals surface area contributed by atoms with Crippen molar-refractivity contribution in [2.75, 3.05) is 0 Å². The minimum Gasteiger partial charge on any atom is -0.342 e. The van der Waals surface area contributed by atoms with E-state index in [9.17, 15) is 0 Å². The van der Waals surface area contributed by atoms with Gasteiger partial charge in [0.05, 0.1) is 10.6 Å². The summed E-state index contributed by atoms with van der Waals surface area (Å²) in [6.45, 7) is 3.81. The maximum Gasteiger partial charge on any atom is 0.133 e. The van der Waals surface area contributed by atoms with E-state index >= 15 is 0 Å². The lowest BCUT2D eigenvalue weighted by Crippen LogP contribution is -1.94. The molecule has 0 radical (unpaired) electrons. The molecule has 2 heterocycles. The van der Waals surface area contributed by atoms with E-state index in [1.54, 1.807) is 0 Å². The lowest BCUT2D eigenvalue weighted by molar-refractivity contribution is 1.03. The molecule has 3 nitrogen and oxygen atoms in total. The van der Waals surface area contributed by atoms with Gasteiger partial charge in [0, 0.05) is 5.56 Å². The summed E-state index contributed by atoms with van der Waals surface area (Å²) in [7, 11) is 0. The molecule has 80 valence electrons. The maximum atomic E-state index is 8.79. The van der Waals surface area contributed by atoms with Crippen LogP contribution >= 0.6 is 23.6 Å². The van der Waals surface area contributed by atoms with Crippen LogP contribution < -0.4 is 0 Å². The second-order valence-corrected chi connectivity index (χ2v) is 4.87. The van der Waals surface area contributed by atoms with Crippen LogP contribution in [0.15, 0.2) is 12.1 Å². The molecule has 0 aromatic carbocycles. The van der Waals surface area contributed by atoms with Gasteiger partial charge in [0.1, 0.15) is 21.4 Å². The zero-order valence-corrected chi connectivity index (χ0v) is 10.5. The molecule has 0 spiro atoms. The fraction of sp³-hybridized carbons (Fsp3) is 0.182. The third kappa shape index (κ3) is 1.90. The van der Waals surface area contributed by atoms with Crippen molar-refractivity contribution in [2.45, 2.75) is 13.8 Å². The Morgan fingerprint density at radius 2 is 2.19 bits per heavy atom. The molecular weight excluding hydrogens is 238 g/mol. The summed E-state index contributed by atoms with van der Waals surface area (Å²) in [5, 5.41) is 8.79. The zero-order chi connectivity index (χ0) is 11.7. The van der Waals surface area contributed by atoms with Gasteiger partial charge in [0.2, 0.25) is 0 Å². The third-order valence-corrected chi connectivity index (χ3v) is 3.64. The van der Waals surface area contributed by atoms with Crippen LogP contribution in [-0.2, 0) is 0 Å². The molecule has 0 aliphatic carbocycles. The first-order chi connectivity index (χ1) is 7.61. The van der Waals surface area contributed by atoms with E-state index in [2.05, 4.69) is 16.0 Å². The number of aromatic nitrogens is 2. The van der Waals surface area contributed by atoms with Crippen molar-refractivity contribution in [1.82, 2.24) is 9.97 Å². The minimum absolute atomic E-state index is 0.609. The predicted octanol–water partition coefficient (Wildman–Crippen LogP) is 3.36. The van der Waals surface area contributed by atoms with Crippen molar-refractivity contribution < 1.29 is 0 Å². The fourth-order valence-corrected chi connectivity index (χ4v) is 2.52. The summed E-state index contributed by atoms with van der Waals surface area (Å²) in [5.74, 6) is 0.789. The second kappa shape index (κ2) is 4.16. The summed E-state index contributed by atoms with van der Waals surface area (Å²) < 4.78 is 0.609. The Morgan fingerprint density at radius 3 is 2.81 bits per heavy atom. The van der Waals surface area contributed by atoms with Gasteiger partial charge >= 0.3 is 0 Å². The van der Waals surface area contributed by atoms with E-state index < -0.39 is 0 Å². The predicted molar refractivity (Wildman–Crippen MR) is 66.9 cm³/mol. The molecule has 2 rings (SSSR count). The molecule has 0 unspecified atom stereocenters. The van der Waals surface area contributed by atoms with Crippen LogP contribution in [0.5, 0.6) is 0 Å². The zero-order valence-electron chi connectivity index (χ0n) is 8.87. The Hall–Kier alpha value is -1.51. The van der Waals surface area contributed by atoms with Gasteiger partial charge in [-0.2, -0.15) is 5.26 Å². The number of nitriles is 1. The topological polar surface area (TPSA) is 52.5 Å². The third-order valence-electron chi connectivity index (χ3n) is 2.23. The average Bonchev–Trinajstić information content (AvgIpc) is 2.71. The van der Waals surface area contributed by atoms with E-state index in [4.69, 9.17) is 17.5 Å². The Labute approximate surface area is 102 Å². The molecule has 0 amide bonds. The normalized spacial score (nSPS) is 10.1. The number of aryl methyl sites for hydroxylation is 1. The number of hydrogen-bond donors (Lipinski definition) is 1. The lowest BCUT2D eigenvalue weighted by atomic mass is 10.2. The van der Waals surface area contributed by atoms with E-state index in [1.807, 2.05) is 26.0 Å². The van der Waals surface area contributed by atoms with Gasteiger partial charge in [-0.15, -0.1) is 11.3 Å². The Bertz CT molecular complexity index is 631. The van der Waals surface area contributed by atoms with Crippen LogP contribution in [0.3, 0.4) is 0 Å². The molecule has 1 N–H and O–H groups in total. The van der Waals surface area contributed by atoms with Gasteiger partial charge in [-0.3, -0.25) is 0 Å². The Balaban J connectivity index is 2.65. The number of hydrogen-bond acceptors (Lipinski definition) is 4. The molecule has 0 atom stereocenters. The first-order valence-corrected chi connectivity index (χ1v) is 5.92. The molecule has 0 bridgehead atoms. The van der Waals surface area contributed by atoms with Crippen molar-refractivity contribution >= 4 is 23.6 Å². The van der Waals surface area contributed by atoms with Crippen LogP contribution in [-0.4, -0.2) is 9.97 Å². The molecule has 0 fully saturated rings. The summed E-state index contributed by atoms with van der Waals surface area (Å²) in [5.41, 5.74) is 1.91. The van der Waals surface area contributed by atoms with E-state index in [1.165, 1.54) is 11.3 Å². The van der Waals surface area contributed by atoms with Gasteiger partial charge in [-0.1, -0.05) is 12.2 Å². The van der Waals surface area contributed by atoms with E-state index in [-0.39, 0.29) is 0 Å². The van der Waals surface area contributed by atoms with Crippen LogP contribution in [0.25, 0.3) is 10.6 Å². The number of nitrogens with one attached hydrogen (secondary N) is 1. The molecule has 0 saturated heterocycles. The van der Waals surface area contributed by atoms with Gasteiger partial charge in [-0.25, -0.2) is 4.98 Å². The molecule has 2 aromatic rings. The lowest BCUT2D eigenvalue weighted by Gasteiger charge is -2.04. The van der Waals surface area contributed by atoms with Gasteiger partial charge in [0.15, 0.2) is 0 Å². The van der Waals surface area contributed by atoms with Crippen LogP contribution in [0.1, 0.15) is 16.3 Å². The molecular formula is C11H9N3S2. The van der Waals surface area contributed by atoms with E-state index in [0.29, 0.717) is 9.52 Å². The number of rotatable bonds is 1. The Kier molecular flexibility index (Phi) is 2.86. The highest BCUT2D eigenvalue weighted by Gasteiger charge is 2.08. The van der Waals surface area contributed by atoms with Gasteiger partial charge in [0.25, 0.3) is 0 Å². The highest BCUT2D eigenvalue weighted by atomic mass is 32.1. The van der Waals surface area contributed by atoms with Gasteiger partial charge in [-0.05, 0) is 26.0 Å². The Morgan fingerprint density at radius 1 is 1.44 bits per heavy atom. The van der Waals surface area contributed by atoms with Crippen LogP contribution in [0.4, 0.5) is 0 Å². The number of H-pyrrole nitrogens is 1. The highest BCUT2D eigenvalue weighted by molar-refractivity contribution is 7.71. The molecule has 16 heavy (non-hydrogen) atoms. The summed E-state index contributed by atoms with van der Waals surface area (Å²) in [6, 6.07) is 5.87. The first kappa shape index (κ1) is 11.0. The van der Waals surface area contributed by atoms with E-state index in [0.717, 1.165) is 22.0 Å². The summed E-state index contributed by atoms with van der Waals surface area (Å²) in [4.78, 5) is 9.10. The molecule has 2 aromatic heterocycles. The highest BCUT2D eigenvalue weighted by Crippen LogP contribution is 2.28. The average molecular weight is 247 g/mol. The molecule has 0 aliphatic heterocycles. The standard InChI is InChI=1S/C11H9N3S2/c1-6-10(13-7(2)14-11(6)15)9-4-3-8(5-12)16-9/h3-4H,1-2H3,(H,13,14,15). The second-order valence-electron chi connectivity index (χ2n) is 3.40. The largest absolute Gasteiger partial charge is 0.342 e. The molecule has 0 saturated carbocycles. The minimum atomic E-state index is 0.609. The van der Waals surface area contributed by atoms with Crippen LogP contribution in [0, 0.1) is 29.8 Å². The van der Waals surface area contributed by atoms with Crippen molar-refractivity contribution in [3.63, 3.8) is 0 Å². The van der Waals surface area contributed by atoms with Crippen LogP contribution in [0.2, 0.25) is 0 Å². The van der Waals surface area contributed by atoms with Crippen molar-refractivity contribution in [3.8, 4) is 16.6 Å². The van der Waals surface area contributed by atoms with Crippen molar-refractivity contribution in [2.24, 2.45) is 0 Å². The monoisotopic (exact) mass is 247 g/mol. The fourth-order valence-electron chi connectivity index (χ4n) is 1.42. The number of thiophene rings is 1. The van der Waals surface area contributed by atoms with Crippen molar-refractivity contribution in [3.05, 3.63) is 33.0 Å². The smallest absolute Gasteiger partial charge is 0.133 e. The van der Waals surface area contributed by atoms with Crippen molar-refractivity contribution in [1.29, 1.82) is 5.26 Å². The number of aromatic amines is 1. The summed E-state index contributed by atoms with van der Waals surface area (Å²) in [6.07, 6.45) is 0. The quantitative estimate of drug-likeness (QED) is 0.786. The maximum absolute atomic E-state index is 8.79. The SMILES string of the molecule is Cc1nc(=S)c(C)c(-c2ccc(C#N)s2)[nH]1. The number of nitrogens with zero attached hydrogens (tertiary/aromatic N) is 2.